The minimum atomic E-state index is -1.17. The molecule has 19 heavy (non-hydrogen) atoms. The van der Waals surface area contributed by atoms with Gasteiger partial charge in [0, 0.05) is 0 Å². The summed E-state index contributed by atoms with van der Waals surface area (Å²) in [6.45, 7) is 12.7. The van der Waals surface area contributed by atoms with Crippen molar-refractivity contribution in [2.45, 2.75) is 59.8 Å². The number of aromatic hydroxyl groups is 1. The molecule has 0 radical (unpaired) electrons. The van der Waals surface area contributed by atoms with Crippen molar-refractivity contribution < 1.29 is 14.6 Å². The molecule has 0 heterocycles. The monoisotopic (exact) mass is 285 g/mol. The maximum absolute atomic E-state index is 10.2. The van der Waals surface area contributed by atoms with Crippen LogP contribution < -0.4 is 0 Å². The first-order chi connectivity index (χ1) is 8.70. The van der Waals surface area contributed by atoms with Crippen LogP contribution in [0.25, 0.3) is 0 Å². The normalized spacial score (nSPS) is 11.1. The zero-order valence-electron chi connectivity index (χ0n) is 12.8. The molecule has 0 spiro atoms. The average molecular weight is 285 g/mol. The van der Waals surface area contributed by atoms with Gasteiger partial charge < -0.3 is 5.11 Å². The van der Waals surface area contributed by atoms with Gasteiger partial charge in [0.05, 0.1) is 0 Å². The van der Waals surface area contributed by atoms with Crippen molar-refractivity contribution in [3.63, 3.8) is 0 Å². The minimum absolute atomic E-state index is 0.00499. The maximum atomic E-state index is 10.2. The van der Waals surface area contributed by atoms with E-state index in [-0.39, 0.29) is 5.41 Å². The summed E-state index contributed by atoms with van der Waals surface area (Å²) in [4.78, 5) is 7.04. The summed E-state index contributed by atoms with van der Waals surface area (Å²) in [5, 5.41) is 10.2. The van der Waals surface area contributed by atoms with Crippen molar-refractivity contribution in [2.24, 2.45) is 0 Å². The summed E-state index contributed by atoms with van der Waals surface area (Å²) in [6, 6.07) is 2.18. The van der Waals surface area contributed by atoms with E-state index in [1.807, 2.05) is 6.92 Å². The number of hydrogen-bond donors (Lipinski definition) is 2. The fourth-order valence-corrected chi connectivity index (χ4v) is 2.07. The van der Waals surface area contributed by atoms with Gasteiger partial charge in [-0.2, -0.15) is 4.89 Å². The molecule has 1 aromatic rings. The molecule has 0 aromatic heterocycles. The molecule has 1 aromatic carbocycles. The van der Waals surface area contributed by atoms with Crippen LogP contribution in [-0.2, 0) is 16.4 Å². The molecule has 0 aliphatic heterocycles. The van der Waals surface area contributed by atoms with Crippen LogP contribution in [0.3, 0.4) is 0 Å². The molecule has 1 unspecified atom stereocenters. The Balaban J connectivity index is 0.000000982. The second-order valence-corrected chi connectivity index (χ2v) is 5.96. The van der Waals surface area contributed by atoms with Gasteiger partial charge in [0.1, 0.15) is 5.75 Å². The van der Waals surface area contributed by atoms with Crippen molar-refractivity contribution in [3.8, 4) is 5.75 Å². The van der Waals surface area contributed by atoms with Gasteiger partial charge in [0.2, 0.25) is 0 Å². The van der Waals surface area contributed by atoms with Crippen molar-refractivity contribution in [3.05, 3.63) is 28.3 Å². The number of hydrogen-bond acceptors (Lipinski definition) is 2. The Bertz CT molecular complexity index is 434. The van der Waals surface area contributed by atoms with Gasteiger partial charge in [0.15, 0.2) is 0 Å². The van der Waals surface area contributed by atoms with E-state index in [1.54, 1.807) is 0 Å². The molecule has 0 amide bonds. The van der Waals surface area contributed by atoms with E-state index in [4.69, 9.17) is 9.46 Å². The Morgan fingerprint density at radius 2 is 1.68 bits per heavy atom. The lowest BCUT2D eigenvalue weighted by Crippen LogP contribution is -2.13. The summed E-state index contributed by atoms with van der Waals surface area (Å²) in [5.74, 6) is 0.477. The Morgan fingerprint density at radius 1 is 1.21 bits per heavy atom. The second-order valence-electron chi connectivity index (χ2n) is 5.77. The van der Waals surface area contributed by atoms with E-state index in [1.165, 1.54) is 11.1 Å². The van der Waals surface area contributed by atoms with Gasteiger partial charge in [-0.15, -0.1) is 0 Å². The van der Waals surface area contributed by atoms with Gasteiger partial charge in [-0.25, -0.2) is 0 Å². The average Bonchev–Trinajstić information content (AvgIpc) is 2.29. The molecule has 0 saturated carbocycles. The van der Waals surface area contributed by atoms with Crippen LogP contribution in [0.4, 0.5) is 0 Å². The third-order valence-electron chi connectivity index (χ3n) is 3.30. The van der Waals surface area contributed by atoms with Gasteiger partial charge in [0.25, 0.3) is 0 Å². The zero-order chi connectivity index (χ0) is 15.2. The quantitative estimate of drug-likeness (QED) is 0.801. The minimum Gasteiger partial charge on any atom is -0.507 e. The van der Waals surface area contributed by atoms with Crippen molar-refractivity contribution >= 4 is 8.69 Å². The zero-order valence-corrected chi connectivity index (χ0v) is 13.8. The fraction of sp³-hybridized carbons (Fsp3) is 0.600. The van der Waals surface area contributed by atoms with Crippen LogP contribution >= 0.6 is 8.69 Å². The molecule has 0 aliphatic carbocycles. The molecule has 0 saturated heterocycles. The van der Waals surface area contributed by atoms with E-state index in [9.17, 15) is 5.11 Å². The number of benzene rings is 1. The third kappa shape index (κ3) is 4.93. The summed E-state index contributed by atoms with van der Waals surface area (Å²) >= 11 is 0. The largest absolute Gasteiger partial charge is 0.507 e. The lowest BCUT2D eigenvalue weighted by molar-refractivity contribution is 0.441. The number of phenols is 1. The number of aryl methyl sites for hydroxylation is 1. The van der Waals surface area contributed by atoms with E-state index in [0.717, 1.165) is 24.0 Å². The summed E-state index contributed by atoms with van der Waals surface area (Å²) in [7, 11) is -1.17. The first-order valence-corrected chi connectivity index (χ1v) is 7.39. The lowest BCUT2D eigenvalue weighted by Gasteiger charge is -2.24. The molecule has 0 aliphatic rings. The lowest BCUT2D eigenvalue weighted by atomic mass is 9.82. The molecular formula is C15H26O3P+. The third-order valence-corrected chi connectivity index (χ3v) is 3.30. The van der Waals surface area contributed by atoms with Crippen molar-refractivity contribution in [2.75, 3.05) is 0 Å². The van der Waals surface area contributed by atoms with Crippen LogP contribution in [0.2, 0.25) is 0 Å². The summed E-state index contributed by atoms with van der Waals surface area (Å²) in [5.41, 5.74) is 4.73. The highest BCUT2D eigenvalue weighted by molar-refractivity contribution is 7.16. The predicted octanol–water partition coefficient (Wildman–Crippen LogP) is 4.18. The molecule has 108 valence electrons. The van der Waals surface area contributed by atoms with E-state index < -0.39 is 8.69 Å². The highest BCUT2D eigenvalue weighted by atomic mass is 31.1. The number of rotatable bonds is 2. The van der Waals surface area contributed by atoms with E-state index in [2.05, 4.69) is 40.7 Å². The summed E-state index contributed by atoms with van der Waals surface area (Å²) in [6.07, 6.45) is 2.24. The Kier molecular flexibility index (Phi) is 7.25. The van der Waals surface area contributed by atoms with Crippen LogP contribution in [0.5, 0.6) is 5.75 Å². The standard InChI is InChI=1S/C15H24O.HO2P/c1-7-8-12-9-13(15(4,5)6)14(16)11(3)10(12)2;1-3-2/h9,16H,7-8H2,1-6H3;3H/p+1. The molecule has 1 rings (SSSR count). The van der Waals surface area contributed by atoms with Gasteiger partial charge in [-0.05, 0) is 52.5 Å². The molecule has 0 bridgehead atoms. The molecule has 0 fully saturated rings. The predicted molar refractivity (Wildman–Crippen MR) is 81.5 cm³/mol. The summed E-state index contributed by atoms with van der Waals surface area (Å²) < 4.78 is 8.51. The topological polar surface area (TPSA) is 57.5 Å². The van der Waals surface area contributed by atoms with Crippen LogP contribution in [-0.4, -0.2) is 10.00 Å². The Morgan fingerprint density at radius 3 is 2.05 bits per heavy atom. The van der Waals surface area contributed by atoms with E-state index in [0.29, 0.717) is 5.75 Å². The second kappa shape index (κ2) is 7.62. The smallest absolute Gasteiger partial charge is 0.491 e. The number of phenolic OH excluding ortho intramolecular Hbond substituents is 1. The Hall–Kier alpha value is -0.920. The van der Waals surface area contributed by atoms with Crippen LogP contribution in [0.1, 0.15) is 56.4 Å². The molecule has 4 heteroatoms. The first-order valence-electron chi connectivity index (χ1n) is 6.54. The van der Waals surface area contributed by atoms with Gasteiger partial charge in [-0.3, -0.25) is 0 Å². The van der Waals surface area contributed by atoms with Gasteiger partial charge >= 0.3 is 8.69 Å². The van der Waals surface area contributed by atoms with E-state index >= 15 is 0 Å². The van der Waals surface area contributed by atoms with Crippen molar-refractivity contribution in [1.82, 2.24) is 0 Å². The molecule has 1 atom stereocenters. The molecule has 2 N–H and O–H groups in total. The SMILES string of the molecule is CCCc1cc(C(C)(C)C)c(O)c(C)c1C.O=[PH+]O. The highest BCUT2D eigenvalue weighted by Crippen LogP contribution is 2.36. The fourth-order valence-electron chi connectivity index (χ4n) is 2.07. The van der Waals surface area contributed by atoms with Gasteiger partial charge in [-0.1, -0.05) is 40.2 Å². The molecular weight excluding hydrogens is 259 g/mol. The Labute approximate surface area is 118 Å². The first kappa shape index (κ1) is 18.1. The molecule has 3 nitrogen and oxygen atoms in total. The van der Waals surface area contributed by atoms with Crippen LogP contribution in [0, 0.1) is 13.8 Å². The maximum Gasteiger partial charge on any atom is 0.491 e. The van der Waals surface area contributed by atoms with Crippen LogP contribution in [0.15, 0.2) is 6.07 Å². The van der Waals surface area contributed by atoms with Crippen molar-refractivity contribution in [1.29, 1.82) is 0 Å². The highest BCUT2D eigenvalue weighted by Gasteiger charge is 2.21.